The lowest BCUT2D eigenvalue weighted by atomic mass is 10.0. The lowest BCUT2D eigenvalue weighted by Crippen LogP contribution is -2.44. The number of benzene rings is 1. The number of carbonyl (C=O) groups excluding carboxylic acids is 1. The maximum atomic E-state index is 11.6. The third-order valence-corrected chi connectivity index (χ3v) is 4.06. The van der Waals surface area contributed by atoms with Gasteiger partial charge in [0.2, 0.25) is 0 Å². The van der Waals surface area contributed by atoms with Crippen molar-refractivity contribution < 1.29 is 9.53 Å². The van der Waals surface area contributed by atoms with Crippen LogP contribution in [-0.4, -0.2) is 36.7 Å². The molecule has 0 bridgehead atoms. The van der Waals surface area contributed by atoms with Gasteiger partial charge in [-0.1, -0.05) is 28.1 Å². The minimum atomic E-state index is -0.182. The summed E-state index contributed by atoms with van der Waals surface area (Å²) in [6.45, 7) is 4.70. The SMILES string of the molecule is CCOC(=O)N1CCC(NCc2ccc(Br)cc2)CC1. The first-order valence-corrected chi connectivity index (χ1v) is 7.88. The average molecular weight is 341 g/mol. The number of carbonyl (C=O) groups is 1. The minimum Gasteiger partial charge on any atom is -0.450 e. The van der Waals surface area contributed by atoms with Crippen molar-refractivity contribution in [3.05, 3.63) is 34.3 Å². The summed E-state index contributed by atoms with van der Waals surface area (Å²) in [4.78, 5) is 13.4. The van der Waals surface area contributed by atoms with Crippen LogP contribution in [-0.2, 0) is 11.3 Å². The zero-order valence-electron chi connectivity index (χ0n) is 11.8. The molecule has 1 fully saturated rings. The molecule has 0 unspecified atom stereocenters. The Kier molecular flexibility index (Phi) is 5.86. The maximum absolute atomic E-state index is 11.6. The molecular formula is C15H21BrN2O2. The predicted molar refractivity (Wildman–Crippen MR) is 82.6 cm³/mol. The number of nitrogens with zero attached hydrogens (tertiary/aromatic N) is 1. The largest absolute Gasteiger partial charge is 0.450 e. The second kappa shape index (κ2) is 7.64. The van der Waals surface area contributed by atoms with E-state index in [1.165, 1.54) is 5.56 Å². The van der Waals surface area contributed by atoms with Crippen LogP contribution in [0.25, 0.3) is 0 Å². The van der Waals surface area contributed by atoms with Gasteiger partial charge in [0, 0.05) is 30.1 Å². The van der Waals surface area contributed by atoms with Crippen molar-refractivity contribution in [2.75, 3.05) is 19.7 Å². The summed E-state index contributed by atoms with van der Waals surface area (Å²) in [5, 5.41) is 3.55. The van der Waals surface area contributed by atoms with Crippen LogP contribution in [0.5, 0.6) is 0 Å². The standard InChI is InChI=1S/C15H21BrN2O2/c1-2-20-15(19)18-9-7-14(8-10-18)17-11-12-3-5-13(16)6-4-12/h3-6,14,17H,2,7-11H2,1H3. The van der Waals surface area contributed by atoms with E-state index in [0.717, 1.165) is 36.9 Å². The normalized spacial score (nSPS) is 16.2. The van der Waals surface area contributed by atoms with Crippen molar-refractivity contribution in [1.29, 1.82) is 0 Å². The van der Waals surface area contributed by atoms with Gasteiger partial charge in [-0.3, -0.25) is 0 Å². The Morgan fingerprint density at radius 3 is 2.60 bits per heavy atom. The Hall–Kier alpha value is -1.07. The third-order valence-electron chi connectivity index (χ3n) is 3.53. The molecule has 1 aromatic carbocycles. The van der Waals surface area contributed by atoms with Crippen molar-refractivity contribution in [3.63, 3.8) is 0 Å². The summed E-state index contributed by atoms with van der Waals surface area (Å²) < 4.78 is 6.12. The molecule has 4 nitrogen and oxygen atoms in total. The molecule has 5 heteroatoms. The van der Waals surface area contributed by atoms with Crippen LogP contribution >= 0.6 is 15.9 Å². The van der Waals surface area contributed by atoms with Gasteiger partial charge in [-0.25, -0.2) is 4.79 Å². The summed E-state index contributed by atoms with van der Waals surface area (Å²) in [5.74, 6) is 0. The highest BCUT2D eigenvalue weighted by Gasteiger charge is 2.22. The fraction of sp³-hybridized carbons (Fsp3) is 0.533. The van der Waals surface area contributed by atoms with Gasteiger partial charge in [-0.15, -0.1) is 0 Å². The van der Waals surface area contributed by atoms with Gasteiger partial charge in [0.1, 0.15) is 0 Å². The van der Waals surface area contributed by atoms with Crippen LogP contribution < -0.4 is 5.32 Å². The van der Waals surface area contributed by atoms with Crippen LogP contribution in [0.4, 0.5) is 4.79 Å². The Bertz CT molecular complexity index is 428. The van der Waals surface area contributed by atoms with E-state index in [9.17, 15) is 4.79 Å². The second-order valence-corrected chi connectivity index (χ2v) is 5.88. The molecule has 1 N–H and O–H groups in total. The van der Waals surface area contributed by atoms with Gasteiger partial charge in [-0.2, -0.15) is 0 Å². The fourth-order valence-electron chi connectivity index (χ4n) is 2.35. The number of ether oxygens (including phenoxy) is 1. The molecule has 110 valence electrons. The van der Waals surface area contributed by atoms with E-state index in [0.29, 0.717) is 12.6 Å². The molecule has 1 aromatic rings. The number of piperidine rings is 1. The number of amides is 1. The van der Waals surface area contributed by atoms with Crippen LogP contribution in [0, 0.1) is 0 Å². The van der Waals surface area contributed by atoms with Gasteiger partial charge < -0.3 is 15.0 Å². The highest BCUT2D eigenvalue weighted by molar-refractivity contribution is 9.10. The molecule has 0 saturated carbocycles. The smallest absolute Gasteiger partial charge is 0.409 e. The van der Waals surface area contributed by atoms with Crippen molar-refractivity contribution in [1.82, 2.24) is 10.2 Å². The Morgan fingerprint density at radius 2 is 2.00 bits per heavy atom. The van der Waals surface area contributed by atoms with Crippen molar-refractivity contribution in [2.24, 2.45) is 0 Å². The molecule has 1 heterocycles. The van der Waals surface area contributed by atoms with Crippen LogP contribution in [0.2, 0.25) is 0 Å². The van der Waals surface area contributed by atoms with Crippen LogP contribution in [0.3, 0.4) is 0 Å². The van der Waals surface area contributed by atoms with Crippen molar-refractivity contribution in [3.8, 4) is 0 Å². The third kappa shape index (κ3) is 4.49. The van der Waals surface area contributed by atoms with Gasteiger partial charge in [-0.05, 0) is 37.5 Å². The van der Waals surface area contributed by atoms with Crippen LogP contribution in [0.1, 0.15) is 25.3 Å². The fourth-order valence-corrected chi connectivity index (χ4v) is 2.61. The lowest BCUT2D eigenvalue weighted by Gasteiger charge is -2.31. The van der Waals surface area contributed by atoms with Gasteiger partial charge in [0.05, 0.1) is 6.61 Å². The monoisotopic (exact) mass is 340 g/mol. The molecule has 0 aromatic heterocycles. The number of rotatable bonds is 4. The minimum absolute atomic E-state index is 0.182. The maximum Gasteiger partial charge on any atom is 0.409 e. The van der Waals surface area contributed by atoms with E-state index in [1.54, 1.807) is 4.90 Å². The topological polar surface area (TPSA) is 41.6 Å². The van der Waals surface area contributed by atoms with E-state index in [2.05, 4.69) is 45.5 Å². The summed E-state index contributed by atoms with van der Waals surface area (Å²) in [7, 11) is 0. The quantitative estimate of drug-likeness (QED) is 0.915. The summed E-state index contributed by atoms with van der Waals surface area (Å²) >= 11 is 3.44. The summed E-state index contributed by atoms with van der Waals surface area (Å²) in [5.41, 5.74) is 1.28. The van der Waals surface area contributed by atoms with E-state index in [4.69, 9.17) is 4.74 Å². The van der Waals surface area contributed by atoms with Crippen molar-refractivity contribution >= 4 is 22.0 Å². The zero-order chi connectivity index (χ0) is 14.4. The second-order valence-electron chi connectivity index (χ2n) is 4.97. The van der Waals surface area contributed by atoms with Gasteiger partial charge >= 0.3 is 6.09 Å². The first kappa shape index (κ1) is 15.3. The van der Waals surface area contributed by atoms with Crippen LogP contribution in [0.15, 0.2) is 28.7 Å². The molecular weight excluding hydrogens is 320 g/mol. The lowest BCUT2D eigenvalue weighted by molar-refractivity contribution is 0.0950. The Morgan fingerprint density at radius 1 is 1.35 bits per heavy atom. The van der Waals surface area contributed by atoms with Crippen molar-refractivity contribution in [2.45, 2.75) is 32.4 Å². The highest BCUT2D eigenvalue weighted by Crippen LogP contribution is 2.14. The molecule has 0 radical (unpaired) electrons. The number of nitrogens with one attached hydrogen (secondary N) is 1. The molecule has 1 aliphatic rings. The summed E-state index contributed by atoms with van der Waals surface area (Å²) in [6.07, 6.45) is 1.78. The zero-order valence-corrected chi connectivity index (χ0v) is 13.4. The first-order chi connectivity index (χ1) is 9.69. The summed E-state index contributed by atoms with van der Waals surface area (Å²) in [6, 6.07) is 8.82. The molecule has 1 amide bonds. The van der Waals surface area contributed by atoms with Gasteiger partial charge in [0.25, 0.3) is 0 Å². The molecule has 0 spiro atoms. The molecule has 20 heavy (non-hydrogen) atoms. The van der Waals surface area contributed by atoms with E-state index >= 15 is 0 Å². The number of hydrogen-bond donors (Lipinski definition) is 1. The molecule has 2 rings (SSSR count). The predicted octanol–water partition coefficient (Wildman–Crippen LogP) is 3.16. The number of likely N-dealkylation sites (tertiary alicyclic amines) is 1. The molecule has 0 atom stereocenters. The Labute approximate surface area is 128 Å². The highest BCUT2D eigenvalue weighted by atomic mass is 79.9. The number of hydrogen-bond acceptors (Lipinski definition) is 3. The van der Waals surface area contributed by atoms with E-state index < -0.39 is 0 Å². The Balaban J connectivity index is 1.72. The molecule has 1 saturated heterocycles. The van der Waals surface area contributed by atoms with Gasteiger partial charge in [0.15, 0.2) is 0 Å². The average Bonchev–Trinajstić information content (AvgIpc) is 2.47. The van der Waals surface area contributed by atoms with E-state index in [-0.39, 0.29) is 6.09 Å². The number of halogens is 1. The van der Waals surface area contributed by atoms with E-state index in [1.807, 2.05) is 6.92 Å². The molecule has 1 aliphatic heterocycles. The molecule has 0 aliphatic carbocycles. The first-order valence-electron chi connectivity index (χ1n) is 7.08.